The van der Waals surface area contributed by atoms with E-state index in [4.69, 9.17) is 14.5 Å². The van der Waals surface area contributed by atoms with Crippen molar-refractivity contribution in [2.45, 2.75) is 25.7 Å². The zero-order valence-corrected chi connectivity index (χ0v) is 19.5. The summed E-state index contributed by atoms with van der Waals surface area (Å²) >= 11 is 0. The molecule has 7 heteroatoms. The molecule has 1 fully saturated rings. The van der Waals surface area contributed by atoms with Gasteiger partial charge in [-0.15, -0.1) is 0 Å². The van der Waals surface area contributed by atoms with E-state index in [1.807, 2.05) is 48.5 Å². The van der Waals surface area contributed by atoms with Gasteiger partial charge in [0.25, 0.3) is 5.91 Å². The Hall–Kier alpha value is -3.61. The molecule has 0 saturated carbocycles. The second-order valence-electron chi connectivity index (χ2n) is 8.78. The number of aromatic nitrogens is 1. The fraction of sp³-hybridized carbons (Fsp3) is 0.370. The van der Waals surface area contributed by atoms with Crippen molar-refractivity contribution in [3.05, 3.63) is 65.4 Å². The molecule has 2 aromatic carbocycles. The molecule has 1 aliphatic carbocycles. The van der Waals surface area contributed by atoms with E-state index < -0.39 is 5.97 Å². The van der Waals surface area contributed by atoms with E-state index in [1.165, 1.54) is 0 Å². The Balaban J connectivity index is 1.22. The van der Waals surface area contributed by atoms with Gasteiger partial charge < -0.3 is 19.3 Å². The molecule has 0 N–H and O–H groups in total. The highest BCUT2D eigenvalue weighted by Crippen LogP contribution is 2.30. The Bertz CT molecular complexity index is 1200. The van der Waals surface area contributed by atoms with E-state index in [-0.39, 0.29) is 12.5 Å². The second-order valence-corrected chi connectivity index (χ2v) is 8.78. The summed E-state index contributed by atoms with van der Waals surface area (Å²) in [5.41, 5.74) is 4.45. The maximum Gasteiger partial charge on any atom is 0.339 e. The largest absolute Gasteiger partial charge is 0.497 e. The number of anilines is 1. The number of nitrogens with zero attached hydrogens (tertiary/aromatic N) is 3. The van der Waals surface area contributed by atoms with Crippen LogP contribution in [-0.4, -0.2) is 61.7 Å². The molecule has 0 unspecified atom stereocenters. The van der Waals surface area contributed by atoms with Crippen LogP contribution < -0.4 is 9.64 Å². The number of carbonyl (C=O) groups excluding carboxylic acids is 2. The zero-order chi connectivity index (χ0) is 23.5. The molecule has 1 aliphatic heterocycles. The van der Waals surface area contributed by atoms with Gasteiger partial charge in [0.1, 0.15) is 5.75 Å². The molecule has 1 aromatic heterocycles. The van der Waals surface area contributed by atoms with Gasteiger partial charge in [0, 0.05) is 42.9 Å². The van der Waals surface area contributed by atoms with Crippen LogP contribution in [0.25, 0.3) is 10.9 Å². The third kappa shape index (κ3) is 4.42. The first-order valence-electron chi connectivity index (χ1n) is 11.9. The maximum atomic E-state index is 13.2. The average Bonchev–Trinajstić information content (AvgIpc) is 2.90. The van der Waals surface area contributed by atoms with Gasteiger partial charge in [-0.1, -0.05) is 18.2 Å². The van der Waals surface area contributed by atoms with Crippen molar-refractivity contribution in [3.8, 4) is 5.75 Å². The average molecular weight is 460 g/mol. The number of rotatable bonds is 5. The van der Waals surface area contributed by atoms with Gasteiger partial charge in [-0.2, -0.15) is 0 Å². The quantitative estimate of drug-likeness (QED) is 0.543. The molecule has 0 atom stereocenters. The van der Waals surface area contributed by atoms with Crippen molar-refractivity contribution in [2.24, 2.45) is 0 Å². The number of benzene rings is 2. The fourth-order valence-electron chi connectivity index (χ4n) is 4.90. The summed E-state index contributed by atoms with van der Waals surface area (Å²) in [6, 6.07) is 15.6. The molecule has 7 nitrogen and oxygen atoms in total. The molecule has 3 aromatic rings. The Morgan fingerprint density at radius 3 is 2.44 bits per heavy atom. The van der Waals surface area contributed by atoms with Crippen LogP contribution in [0.15, 0.2) is 48.5 Å². The highest BCUT2D eigenvalue weighted by Gasteiger charge is 2.26. The number of hydrogen-bond donors (Lipinski definition) is 0. The van der Waals surface area contributed by atoms with Crippen LogP contribution in [0, 0.1) is 0 Å². The molecule has 0 bridgehead atoms. The smallest absolute Gasteiger partial charge is 0.339 e. The lowest BCUT2D eigenvalue weighted by Gasteiger charge is -2.36. The van der Waals surface area contributed by atoms with Crippen LogP contribution in [0.2, 0.25) is 0 Å². The van der Waals surface area contributed by atoms with Gasteiger partial charge in [0.15, 0.2) is 6.61 Å². The van der Waals surface area contributed by atoms with Crippen LogP contribution >= 0.6 is 0 Å². The second kappa shape index (κ2) is 9.71. The summed E-state index contributed by atoms with van der Waals surface area (Å²) < 4.78 is 10.8. The number of aryl methyl sites for hydroxylation is 1. The lowest BCUT2D eigenvalue weighted by Crippen LogP contribution is -2.49. The first-order chi connectivity index (χ1) is 16.6. The molecule has 1 saturated heterocycles. The predicted octanol–water partition coefficient (Wildman–Crippen LogP) is 3.63. The number of ether oxygens (including phenoxy) is 2. The van der Waals surface area contributed by atoms with Crippen molar-refractivity contribution in [1.29, 1.82) is 0 Å². The van der Waals surface area contributed by atoms with Crippen molar-refractivity contribution in [3.63, 3.8) is 0 Å². The van der Waals surface area contributed by atoms with Gasteiger partial charge in [-0.25, -0.2) is 4.79 Å². The fourth-order valence-corrected chi connectivity index (χ4v) is 4.90. The molecule has 1 amide bonds. The minimum absolute atomic E-state index is 0.157. The van der Waals surface area contributed by atoms with E-state index in [2.05, 4.69) is 4.90 Å². The first kappa shape index (κ1) is 22.2. The number of esters is 1. The molecule has 5 rings (SSSR count). The lowest BCUT2D eigenvalue weighted by molar-refractivity contribution is -0.134. The number of pyridine rings is 1. The summed E-state index contributed by atoms with van der Waals surface area (Å²) in [6.45, 7) is 2.40. The van der Waals surface area contributed by atoms with Crippen molar-refractivity contribution >= 4 is 28.5 Å². The minimum Gasteiger partial charge on any atom is -0.497 e. The van der Waals surface area contributed by atoms with Crippen LogP contribution in [0.4, 0.5) is 5.69 Å². The number of para-hydroxylation sites is 1. The maximum absolute atomic E-state index is 13.2. The number of fused-ring (bicyclic) bond motifs is 2. The van der Waals surface area contributed by atoms with Crippen molar-refractivity contribution in [1.82, 2.24) is 9.88 Å². The number of methoxy groups -OCH3 is 1. The number of piperazine rings is 1. The highest BCUT2D eigenvalue weighted by molar-refractivity contribution is 6.05. The normalized spacial score (nSPS) is 15.7. The van der Waals surface area contributed by atoms with Crippen molar-refractivity contribution < 1.29 is 19.1 Å². The highest BCUT2D eigenvalue weighted by atomic mass is 16.5. The van der Waals surface area contributed by atoms with Crippen LogP contribution in [0.3, 0.4) is 0 Å². The Morgan fingerprint density at radius 2 is 1.68 bits per heavy atom. The summed E-state index contributed by atoms with van der Waals surface area (Å²) in [7, 11) is 1.65. The van der Waals surface area contributed by atoms with E-state index in [0.717, 1.165) is 72.4 Å². The first-order valence-corrected chi connectivity index (χ1v) is 11.9. The van der Waals surface area contributed by atoms with Gasteiger partial charge in [-0.05, 0) is 61.6 Å². The molecule has 2 aliphatic rings. The third-order valence-corrected chi connectivity index (χ3v) is 6.77. The molecular formula is C27H29N3O4. The Labute approximate surface area is 199 Å². The van der Waals surface area contributed by atoms with E-state index in [9.17, 15) is 9.59 Å². The van der Waals surface area contributed by atoms with E-state index >= 15 is 0 Å². The summed E-state index contributed by atoms with van der Waals surface area (Å²) in [6.07, 6.45) is 3.80. The third-order valence-electron chi connectivity index (χ3n) is 6.77. The number of carbonyl (C=O) groups is 2. The predicted molar refractivity (Wildman–Crippen MR) is 130 cm³/mol. The van der Waals surface area contributed by atoms with E-state index in [0.29, 0.717) is 18.7 Å². The number of hydrogen-bond acceptors (Lipinski definition) is 6. The zero-order valence-electron chi connectivity index (χ0n) is 19.5. The summed E-state index contributed by atoms with van der Waals surface area (Å²) in [4.78, 5) is 34.8. The van der Waals surface area contributed by atoms with Crippen LogP contribution in [-0.2, 0) is 22.4 Å². The molecule has 2 heterocycles. The summed E-state index contributed by atoms with van der Waals surface area (Å²) in [5, 5.41) is 0.800. The van der Waals surface area contributed by atoms with Crippen molar-refractivity contribution in [2.75, 3.05) is 44.8 Å². The Kier molecular flexibility index (Phi) is 6.34. The monoisotopic (exact) mass is 459 g/mol. The standard InChI is InChI=1S/C27H29N3O4/c1-33-20-12-10-19(11-13-20)29-14-16-30(17-15-29)25(31)18-34-27(32)26-21-6-2-4-8-23(21)28-24-9-5-3-7-22(24)26/h2,4,6,8,10-13H,3,5,7,9,14-18H2,1H3. The van der Waals surface area contributed by atoms with Crippen LogP contribution in [0.5, 0.6) is 5.75 Å². The SMILES string of the molecule is COc1ccc(N2CCN(C(=O)COC(=O)c3c4c(nc5ccccc35)CCCC4)CC2)cc1. The number of amides is 1. The molecule has 176 valence electrons. The topological polar surface area (TPSA) is 72.0 Å². The van der Waals surface area contributed by atoms with Gasteiger partial charge in [0.2, 0.25) is 0 Å². The van der Waals surface area contributed by atoms with Crippen LogP contribution in [0.1, 0.15) is 34.5 Å². The van der Waals surface area contributed by atoms with Gasteiger partial charge in [-0.3, -0.25) is 9.78 Å². The van der Waals surface area contributed by atoms with Gasteiger partial charge in [0.05, 0.1) is 18.2 Å². The van der Waals surface area contributed by atoms with Gasteiger partial charge >= 0.3 is 5.97 Å². The molecular weight excluding hydrogens is 430 g/mol. The molecule has 34 heavy (non-hydrogen) atoms. The molecule has 0 radical (unpaired) electrons. The Morgan fingerprint density at radius 1 is 0.941 bits per heavy atom. The van der Waals surface area contributed by atoms with E-state index in [1.54, 1.807) is 12.0 Å². The molecule has 0 spiro atoms. The lowest BCUT2D eigenvalue weighted by atomic mass is 9.90. The minimum atomic E-state index is -0.429. The summed E-state index contributed by atoms with van der Waals surface area (Å²) in [5.74, 6) is 0.236.